The van der Waals surface area contributed by atoms with Crippen LogP contribution in [0.2, 0.25) is 15.1 Å². The normalized spacial score (nSPS) is 12.0. The molecule has 0 aliphatic rings. The van der Waals surface area contributed by atoms with Crippen LogP contribution in [0.15, 0.2) is 47.6 Å². The number of aromatic nitrogens is 3. The Morgan fingerprint density at radius 3 is 2.50 bits per heavy atom. The zero-order valence-corrected chi connectivity index (χ0v) is 18.2. The fraction of sp³-hybridized carbons (Fsp3) is 0.211. The number of hydrogen-bond donors (Lipinski definition) is 1. The van der Waals surface area contributed by atoms with Gasteiger partial charge in [-0.1, -0.05) is 52.6 Å². The topological polar surface area (TPSA) is 59.8 Å². The Morgan fingerprint density at radius 1 is 1.11 bits per heavy atom. The highest BCUT2D eigenvalue weighted by molar-refractivity contribution is 7.98. The van der Waals surface area contributed by atoms with E-state index in [4.69, 9.17) is 34.8 Å². The minimum Gasteiger partial charge on any atom is -0.342 e. The number of carbonyl (C=O) groups excluding carboxylic acids is 1. The number of nitrogens with zero attached hydrogens (tertiary/aromatic N) is 3. The molecule has 1 amide bonds. The molecule has 0 aliphatic heterocycles. The van der Waals surface area contributed by atoms with Gasteiger partial charge in [0.05, 0.1) is 16.1 Å². The van der Waals surface area contributed by atoms with Crippen molar-refractivity contribution in [2.75, 3.05) is 0 Å². The molecule has 146 valence electrons. The molecule has 3 rings (SSSR count). The third kappa shape index (κ3) is 5.00. The van der Waals surface area contributed by atoms with Crippen molar-refractivity contribution < 1.29 is 4.79 Å². The maximum absolute atomic E-state index is 12.4. The second-order valence-electron chi connectivity index (χ2n) is 6.14. The van der Waals surface area contributed by atoms with Gasteiger partial charge in [-0.2, -0.15) is 0 Å². The number of benzene rings is 2. The van der Waals surface area contributed by atoms with Crippen LogP contribution in [-0.2, 0) is 12.8 Å². The quantitative estimate of drug-likeness (QED) is 0.494. The molecule has 1 heterocycles. The average Bonchev–Trinajstić information content (AvgIpc) is 3.04. The molecule has 5 nitrogen and oxygen atoms in total. The van der Waals surface area contributed by atoms with Crippen molar-refractivity contribution in [1.82, 2.24) is 20.1 Å². The van der Waals surface area contributed by atoms with E-state index in [0.717, 1.165) is 10.7 Å². The predicted octanol–water partition coefficient (Wildman–Crippen LogP) is 5.56. The lowest BCUT2D eigenvalue weighted by atomic mass is 10.2. The van der Waals surface area contributed by atoms with E-state index < -0.39 is 0 Å². The summed E-state index contributed by atoms with van der Waals surface area (Å²) in [5.41, 5.74) is 1.57. The number of rotatable bonds is 6. The highest BCUT2D eigenvalue weighted by Gasteiger charge is 2.18. The van der Waals surface area contributed by atoms with Crippen LogP contribution in [0.25, 0.3) is 0 Å². The van der Waals surface area contributed by atoms with Gasteiger partial charge in [0.2, 0.25) is 0 Å². The first-order valence-electron chi connectivity index (χ1n) is 8.37. The zero-order chi connectivity index (χ0) is 20.3. The van der Waals surface area contributed by atoms with E-state index in [1.165, 1.54) is 11.8 Å². The molecule has 0 spiro atoms. The van der Waals surface area contributed by atoms with Crippen LogP contribution in [0.4, 0.5) is 0 Å². The molecule has 0 fully saturated rings. The van der Waals surface area contributed by atoms with Crippen LogP contribution >= 0.6 is 46.6 Å². The van der Waals surface area contributed by atoms with Crippen LogP contribution in [0.5, 0.6) is 0 Å². The largest absolute Gasteiger partial charge is 0.342 e. The summed E-state index contributed by atoms with van der Waals surface area (Å²) in [4.78, 5) is 12.4. The van der Waals surface area contributed by atoms with Gasteiger partial charge in [0.1, 0.15) is 0 Å². The Labute approximate surface area is 182 Å². The van der Waals surface area contributed by atoms with Crippen molar-refractivity contribution in [3.63, 3.8) is 0 Å². The molecule has 0 bridgehead atoms. The van der Waals surface area contributed by atoms with Gasteiger partial charge >= 0.3 is 0 Å². The Balaban J connectivity index is 1.65. The smallest absolute Gasteiger partial charge is 0.251 e. The Kier molecular flexibility index (Phi) is 6.88. The molecule has 9 heteroatoms. The van der Waals surface area contributed by atoms with Gasteiger partial charge in [-0.05, 0) is 48.9 Å². The number of thioether (sulfide) groups is 1. The highest BCUT2D eigenvalue weighted by atomic mass is 35.5. The highest BCUT2D eigenvalue weighted by Crippen LogP contribution is 2.27. The number of hydrogen-bond acceptors (Lipinski definition) is 4. The molecule has 28 heavy (non-hydrogen) atoms. The van der Waals surface area contributed by atoms with Crippen LogP contribution in [0.3, 0.4) is 0 Å². The summed E-state index contributed by atoms with van der Waals surface area (Å²) < 4.78 is 1.87. The monoisotopic (exact) mass is 454 g/mol. The summed E-state index contributed by atoms with van der Waals surface area (Å²) in [5.74, 6) is 1.14. The van der Waals surface area contributed by atoms with Crippen molar-refractivity contribution in [2.24, 2.45) is 7.05 Å². The Hall–Kier alpha value is -1.73. The van der Waals surface area contributed by atoms with Crippen molar-refractivity contribution in [3.05, 3.63) is 74.5 Å². The fourth-order valence-electron chi connectivity index (χ4n) is 2.55. The molecule has 2 aromatic carbocycles. The molecular weight excluding hydrogens is 439 g/mol. The third-order valence-electron chi connectivity index (χ3n) is 4.06. The summed E-state index contributed by atoms with van der Waals surface area (Å²) in [6, 6.07) is 12.0. The molecule has 0 radical (unpaired) electrons. The minimum atomic E-state index is -0.306. The SMILES string of the molecule is C[C@@H](NC(=O)c1ccc(Cl)cc1)c1nnc(SCc2ccc(Cl)c(Cl)c2)n1C. The molecule has 0 saturated heterocycles. The molecule has 0 aliphatic carbocycles. The maximum atomic E-state index is 12.4. The van der Waals surface area contributed by atoms with Gasteiger partial charge in [0, 0.05) is 23.4 Å². The lowest BCUT2D eigenvalue weighted by Crippen LogP contribution is -2.28. The van der Waals surface area contributed by atoms with Gasteiger partial charge < -0.3 is 9.88 Å². The van der Waals surface area contributed by atoms with Crippen LogP contribution < -0.4 is 5.32 Å². The first kappa shape index (κ1) is 21.0. The average molecular weight is 456 g/mol. The van der Waals surface area contributed by atoms with E-state index in [0.29, 0.717) is 32.2 Å². The van der Waals surface area contributed by atoms with Gasteiger partial charge in [-0.3, -0.25) is 4.79 Å². The molecule has 1 aromatic heterocycles. The van der Waals surface area contributed by atoms with Gasteiger partial charge in [0.15, 0.2) is 11.0 Å². The van der Waals surface area contributed by atoms with Gasteiger partial charge in [-0.15, -0.1) is 10.2 Å². The van der Waals surface area contributed by atoms with E-state index in [2.05, 4.69) is 15.5 Å². The Morgan fingerprint density at radius 2 is 1.82 bits per heavy atom. The molecular formula is C19H17Cl3N4OS. The van der Waals surface area contributed by atoms with Gasteiger partial charge in [0.25, 0.3) is 5.91 Å². The molecule has 0 unspecified atom stereocenters. The van der Waals surface area contributed by atoms with E-state index in [9.17, 15) is 4.79 Å². The number of carbonyl (C=O) groups is 1. The summed E-state index contributed by atoms with van der Waals surface area (Å²) >= 11 is 19.4. The summed E-state index contributed by atoms with van der Waals surface area (Å²) in [6.07, 6.45) is 0. The lowest BCUT2D eigenvalue weighted by Gasteiger charge is -2.13. The molecule has 3 aromatic rings. The first-order valence-corrected chi connectivity index (χ1v) is 10.5. The summed E-state index contributed by atoms with van der Waals surface area (Å²) in [5, 5.41) is 13.8. The first-order chi connectivity index (χ1) is 13.3. The van der Waals surface area contributed by atoms with E-state index in [-0.39, 0.29) is 11.9 Å². The standard InChI is InChI=1S/C19H17Cl3N4OS/c1-11(23-18(27)13-4-6-14(20)7-5-13)17-24-25-19(26(17)2)28-10-12-3-8-15(21)16(22)9-12/h3-9,11H,10H2,1-2H3,(H,23,27)/t11-/m1/s1. The minimum absolute atomic E-state index is 0.197. The number of amides is 1. The van der Waals surface area contributed by atoms with Crippen LogP contribution in [0, 0.1) is 0 Å². The van der Waals surface area contributed by atoms with E-state index in [1.54, 1.807) is 30.3 Å². The number of nitrogens with one attached hydrogen (secondary N) is 1. The van der Waals surface area contributed by atoms with Crippen molar-refractivity contribution in [1.29, 1.82) is 0 Å². The van der Waals surface area contributed by atoms with Gasteiger partial charge in [-0.25, -0.2) is 0 Å². The van der Waals surface area contributed by atoms with E-state index in [1.807, 2.05) is 30.7 Å². The van der Waals surface area contributed by atoms with Crippen LogP contribution in [-0.4, -0.2) is 20.7 Å². The maximum Gasteiger partial charge on any atom is 0.251 e. The van der Waals surface area contributed by atoms with Crippen molar-refractivity contribution in [2.45, 2.75) is 23.9 Å². The molecule has 0 saturated carbocycles. The molecule has 1 N–H and O–H groups in total. The van der Waals surface area contributed by atoms with Crippen molar-refractivity contribution >= 4 is 52.5 Å². The zero-order valence-electron chi connectivity index (χ0n) is 15.1. The fourth-order valence-corrected chi connectivity index (χ4v) is 3.86. The van der Waals surface area contributed by atoms with Crippen LogP contribution in [0.1, 0.15) is 34.7 Å². The second kappa shape index (κ2) is 9.18. The summed E-state index contributed by atoms with van der Waals surface area (Å²) in [6.45, 7) is 1.87. The van der Waals surface area contributed by atoms with E-state index >= 15 is 0 Å². The lowest BCUT2D eigenvalue weighted by molar-refractivity contribution is 0.0937. The van der Waals surface area contributed by atoms with Crippen molar-refractivity contribution in [3.8, 4) is 0 Å². The molecule has 1 atom stereocenters. The third-order valence-corrected chi connectivity index (χ3v) is 6.14. The number of halogens is 3. The predicted molar refractivity (Wildman–Crippen MR) is 114 cm³/mol. The summed E-state index contributed by atoms with van der Waals surface area (Å²) in [7, 11) is 1.87. The Bertz CT molecular complexity index is 991. The second-order valence-corrected chi connectivity index (χ2v) is 8.33.